The monoisotopic (exact) mass is 341 g/mol. The van der Waals surface area contributed by atoms with E-state index in [1.54, 1.807) is 18.6 Å². The Hall–Kier alpha value is -2.64. The second kappa shape index (κ2) is 7.08. The molecule has 4 heterocycles. The lowest BCUT2D eigenvalue weighted by Gasteiger charge is -2.36. The smallest absolute Gasteiger partial charge is 0.266 e. The number of nitrogens with zero attached hydrogens (tertiary/aromatic N) is 6. The standard InChI is InChI=1S/C17H23N7O/c25-17-10-14(12-20-21-17)22-6-8-24(9-7-22)16-11-15(18-13-19-16)23-4-2-1-3-5-23/h10-13H,1-9H2,(H,21,25). The third kappa shape index (κ3) is 3.57. The summed E-state index contributed by atoms with van der Waals surface area (Å²) in [5, 5.41) is 6.30. The van der Waals surface area contributed by atoms with Gasteiger partial charge in [0.2, 0.25) is 0 Å². The van der Waals surface area contributed by atoms with Crippen LogP contribution in [-0.2, 0) is 0 Å². The van der Waals surface area contributed by atoms with E-state index in [4.69, 9.17) is 0 Å². The van der Waals surface area contributed by atoms with E-state index in [2.05, 4.69) is 40.9 Å². The first-order valence-electron chi connectivity index (χ1n) is 8.91. The van der Waals surface area contributed by atoms with Gasteiger partial charge in [-0.05, 0) is 19.3 Å². The van der Waals surface area contributed by atoms with Crippen molar-refractivity contribution in [1.82, 2.24) is 20.2 Å². The van der Waals surface area contributed by atoms with Crippen LogP contribution in [0.2, 0.25) is 0 Å². The summed E-state index contributed by atoms with van der Waals surface area (Å²) >= 11 is 0. The fraction of sp³-hybridized carbons (Fsp3) is 0.529. The molecule has 8 nitrogen and oxygen atoms in total. The highest BCUT2D eigenvalue weighted by Crippen LogP contribution is 2.22. The molecule has 0 unspecified atom stereocenters. The van der Waals surface area contributed by atoms with Crippen molar-refractivity contribution in [1.29, 1.82) is 0 Å². The zero-order valence-electron chi connectivity index (χ0n) is 14.3. The van der Waals surface area contributed by atoms with Gasteiger partial charge in [0.25, 0.3) is 5.56 Å². The lowest BCUT2D eigenvalue weighted by molar-refractivity contribution is 0.572. The first kappa shape index (κ1) is 15.9. The second-order valence-corrected chi connectivity index (χ2v) is 6.56. The Morgan fingerprint density at radius 1 is 0.800 bits per heavy atom. The topological polar surface area (TPSA) is 81.2 Å². The van der Waals surface area contributed by atoms with Crippen LogP contribution in [0.25, 0.3) is 0 Å². The Labute approximate surface area is 146 Å². The van der Waals surface area contributed by atoms with Gasteiger partial charge in [-0.2, -0.15) is 5.10 Å². The Morgan fingerprint density at radius 3 is 2.12 bits per heavy atom. The number of hydrogen-bond donors (Lipinski definition) is 1. The predicted octanol–water partition coefficient (Wildman–Crippen LogP) is 0.877. The van der Waals surface area contributed by atoms with Crippen LogP contribution in [0.5, 0.6) is 0 Å². The average Bonchev–Trinajstić information content (AvgIpc) is 2.69. The molecule has 0 amide bonds. The van der Waals surface area contributed by atoms with Crippen molar-refractivity contribution in [3.63, 3.8) is 0 Å². The molecule has 2 aliphatic rings. The van der Waals surface area contributed by atoms with Crippen LogP contribution in [-0.4, -0.2) is 59.4 Å². The molecule has 2 saturated heterocycles. The molecular weight excluding hydrogens is 318 g/mol. The van der Waals surface area contributed by atoms with Crippen molar-refractivity contribution < 1.29 is 0 Å². The van der Waals surface area contributed by atoms with Gasteiger partial charge in [-0.25, -0.2) is 15.1 Å². The van der Waals surface area contributed by atoms with E-state index in [1.807, 2.05) is 0 Å². The SMILES string of the molecule is O=c1cc(N2CCN(c3cc(N4CCCCC4)ncn3)CC2)cn[nH]1. The first-order chi connectivity index (χ1) is 12.3. The van der Waals surface area contributed by atoms with Gasteiger partial charge in [-0.15, -0.1) is 0 Å². The Morgan fingerprint density at radius 2 is 1.44 bits per heavy atom. The van der Waals surface area contributed by atoms with Gasteiger partial charge in [-0.3, -0.25) is 4.79 Å². The van der Waals surface area contributed by atoms with Crippen LogP contribution in [0, 0.1) is 0 Å². The van der Waals surface area contributed by atoms with Crippen molar-refractivity contribution in [3.8, 4) is 0 Å². The van der Waals surface area contributed by atoms with Crippen LogP contribution in [0.15, 0.2) is 29.5 Å². The molecule has 1 N–H and O–H groups in total. The van der Waals surface area contributed by atoms with E-state index in [0.29, 0.717) is 0 Å². The summed E-state index contributed by atoms with van der Waals surface area (Å²) < 4.78 is 0. The van der Waals surface area contributed by atoms with Gasteiger partial charge < -0.3 is 14.7 Å². The largest absolute Gasteiger partial charge is 0.367 e. The summed E-state index contributed by atoms with van der Waals surface area (Å²) in [6.07, 6.45) is 7.17. The minimum absolute atomic E-state index is 0.165. The third-order valence-corrected chi connectivity index (χ3v) is 4.94. The van der Waals surface area contributed by atoms with Crippen molar-refractivity contribution in [2.45, 2.75) is 19.3 Å². The highest BCUT2D eigenvalue weighted by molar-refractivity contribution is 5.52. The van der Waals surface area contributed by atoms with Crippen molar-refractivity contribution in [2.75, 3.05) is 54.0 Å². The minimum Gasteiger partial charge on any atom is -0.367 e. The summed E-state index contributed by atoms with van der Waals surface area (Å²) in [7, 11) is 0. The highest BCUT2D eigenvalue weighted by Gasteiger charge is 2.20. The number of hydrogen-bond acceptors (Lipinski definition) is 7. The Bertz CT molecular complexity index is 763. The van der Waals surface area contributed by atoms with Crippen LogP contribution in [0.1, 0.15) is 19.3 Å². The zero-order chi connectivity index (χ0) is 17.1. The van der Waals surface area contributed by atoms with E-state index in [9.17, 15) is 4.79 Å². The molecule has 0 spiro atoms. The minimum atomic E-state index is -0.165. The van der Waals surface area contributed by atoms with E-state index >= 15 is 0 Å². The normalized spacial score (nSPS) is 18.5. The summed E-state index contributed by atoms with van der Waals surface area (Å²) in [5.41, 5.74) is 0.710. The van der Waals surface area contributed by atoms with Gasteiger partial charge in [-0.1, -0.05) is 0 Å². The maximum atomic E-state index is 11.4. The molecule has 0 atom stereocenters. The van der Waals surface area contributed by atoms with Crippen LogP contribution in [0.4, 0.5) is 17.3 Å². The third-order valence-electron chi connectivity index (χ3n) is 4.94. The van der Waals surface area contributed by atoms with Gasteiger partial charge in [0.05, 0.1) is 11.9 Å². The molecule has 0 aromatic carbocycles. The molecular formula is C17H23N7O. The number of piperazine rings is 1. The molecule has 0 aliphatic carbocycles. The summed E-state index contributed by atoms with van der Waals surface area (Å²) in [4.78, 5) is 27.2. The quantitative estimate of drug-likeness (QED) is 0.887. The number of rotatable bonds is 3. The molecule has 0 saturated carbocycles. The van der Waals surface area contributed by atoms with Gasteiger partial charge in [0.1, 0.15) is 18.0 Å². The number of anilines is 3. The second-order valence-electron chi connectivity index (χ2n) is 6.56. The Balaban J connectivity index is 1.43. The summed E-state index contributed by atoms with van der Waals surface area (Å²) in [5.74, 6) is 2.02. The zero-order valence-corrected chi connectivity index (χ0v) is 14.3. The van der Waals surface area contributed by atoms with Crippen molar-refractivity contribution >= 4 is 17.3 Å². The van der Waals surface area contributed by atoms with Crippen LogP contribution < -0.4 is 20.3 Å². The van der Waals surface area contributed by atoms with E-state index in [1.165, 1.54) is 19.3 Å². The Kier molecular flexibility index (Phi) is 4.49. The number of piperidine rings is 1. The summed E-state index contributed by atoms with van der Waals surface area (Å²) in [6.45, 7) is 5.58. The maximum Gasteiger partial charge on any atom is 0.266 e. The predicted molar refractivity (Wildman–Crippen MR) is 97.4 cm³/mol. The fourth-order valence-corrected chi connectivity index (χ4v) is 3.54. The molecule has 4 rings (SSSR count). The molecule has 2 aromatic rings. The molecule has 8 heteroatoms. The fourth-order valence-electron chi connectivity index (χ4n) is 3.54. The number of aromatic nitrogens is 4. The summed E-state index contributed by atoms with van der Waals surface area (Å²) in [6, 6.07) is 3.71. The maximum absolute atomic E-state index is 11.4. The van der Waals surface area contributed by atoms with E-state index in [0.717, 1.165) is 56.6 Å². The van der Waals surface area contributed by atoms with Crippen LogP contribution in [0.3, 0.4) is 0 Å². The average molecular weight is 341 g/mol. The number of nitrogens with one attached hydrogen (secondary N) is 1. The first-order valence-corrected chi connectivity index (χ1v) is 8.91. The van der Waals surface area contributed by atoms with Gasteiger partial charge in [0, 0.05) is 51.4 Å². The van der Waals surface area contributed by atoms with Crippen molar-refractivity contribution in [3.05, 3.63) is 35.0 Å². The molecule has 0 radical (unpaired) electrons. The van der Waals surface area contributed by atoms with Gasteiger partial charge in [0.15, 0.2) is 0 Å². The molecule has 2 aromatic heterocycles. The molecule has 2 fully saturated rings. The van der Waals surface area contributed by atoms with Crippen molar-refractivity contribution in [2.24, 2.45) is 0 Å². The molecule has 132 valence electrons. The number of H-pyrrole nitrogens is 1. The lowest BCUT2D eigenvalue weighted by atomic mass is 10.1. The molecule has 2 aliphatic heterocycles. The van der Waals surface area contributed by atoms with Crippen LogP contribution >= 0.6 is 0 Å². The molecule has 25 heavy (non-hydrogen) atoms. The number of aromatic amines is 1. The van der Waals surface area contributed by atoms with E-state index in [-0.39, 0.29) is 5.56 Å². The van der Waals surface area contributed by atoms with Gasteiger partial charge >= 0.3 is 0 Å². The lowest BCUT2D eigenvalue weighted by Crippen LogP contribution is -2.47. The van der Waals surface area contributed by atoms with E-state index < -0.39 is 0 Å². The molecule has 0 bridgehead atoms. The highest BCUT2D eigenvalue weighted by atomic mass is 16.1.